The molecule has 11 heteroatoms. The fourth-order valence-corrected chi connectivity index (χ4v) is 5.43. The van der Waals surface area contributed by atoms with Crippen molar-refractivity contribution in [3.05, 3.63) is 99.5 Å². The zero-order valence-electron chi connectivity index (χ0n) is 23.3. The number of ketones is 1. The van der Waals surface area contributed by atoms with Gasteiger partial charge in [-0.05, 0) is 56.2 Å². The number of hydrogen-bond acceptors (Lipinski definition) is 5. The molecule has 0 spiro atoms. The summed E-state index contributed by atoms with van der Waals surface area (Å²) in [7, 11) is -3.96. The first-order valence-corrected chi connectivity index (χ1v) is 15.5. The summed E-state index contributed by atoms with van der Waals surface area (Å²) >= 11 is 12.4. The minimum absolute atomic E-state index is 0.0379. The molecule has 8 nitrogen and oxygen atoms in total. The molecule has 3 rings (SSSR count). The van der Waals surface area contributed by atoms with Crippen molar-refractivity contribution in [2.45, 2.75) is 45.8 Å². The van der Waals surface area contributed by atoms with E-state index in [0.29, 0.717) is 16.1 Å². The molecule has 0 heterocycles. The second kappa shape index (κ2) is 14.0. The Kier molecular flexibility index (Phi) is 11.0. The van der Waals surface area contributed by atoms with Crippen LogP contribution in [-0.4, -0.2) is 55.8 Å². The number of Topliss-reactive ketones (excluding diaryl/α,β-unsaturated/α-hetero) is 1. The molecule has 0 bridgehead atoms. The van der Waals surface area contributed by atoms with Crippen molar-refractivity contribution in [3.8, 4) is 0 Å². The Morgan fingerprint density at radius 2 is 1.56 bits per heavy atom. The van der Waals surface area contributed by atoms with Crippen molar-refractivity contribution in [1.29, 1.82) is 0 Å². The predicted octanol–water partition coefficient (Wildman–Crippen LogP) is 5.13. The van der Waals surface area contributed by atoms with Gasteiger partial charge in [0.25, 0.3) is 0 Å². The van der Waals surface area contributed by atoms with E-state index in [1.165, 1.54) is 24.0 Å². The van der Waals surface area contributed by atoms with Crippen LogP contribution >= 0.6 is 23.2 Å². The summed E-state index contributed by atoms with van der Waals surface area (Å²) in [6.45, 7) is 4.37. The number of benzene rings is 3. The van der Waals surface area contributed by atoms with E-state index in [-0.39, 0.29) is 41.4 Å². The lowest BCUT2D eigenvalue weighted by molar-refractivity contribution is -0.140. The Morgan fingerprint density at radius 3 is 2.15 bits per heavy atom. The second-order valence-electron chi connectivity index (χ2n) is 10.0. The van der Waals surface area contributed by atoms with Gasteiger partial charge in [0.05, 0.1) is 22.0 Å². The molecule has 1 unspecified atom stereocenters. The minimum Gasteiger partial charge on any atom is -0.352 e. The number of sulfonamides is 1. The molecular weight excluding hydrogens is 585 g/mol. The number of anilines is 1. The zero-order valence-corrected chi connectivity index (χ0v) is 25.6. The van der Waals surface area contributed by atoms with Gasteiger partial charge in [-0.1, -0.05) is 71.7 Å². The van der Waals surface area contributed by atoms with E-state index < -0.39 is 28.5 Å². The van der Waals surface area contributed by atoms with E-state index in [9.17, 15) is 22.8 Å². The zero-order chi connectivity index (χ0) is 30.3. The molecule has 3 aromatic rings. The van der Waals surface area contributed by atoms with Crippen molar-refractivity contribution in [2.24, 2.45) is 0 Å². The van der Waals surface area contributed by atoms with Gasteiger partial charge in [0.2, 0.25) is 21.8 Å². The molecule has 41 heavy (non-hydrogen) atoms. The van der Waals surface area contributed by atoms with Crippen LogP contribution in [0.5, 0.6) is 0 Å². The fraction of sp³-hybridized carbons (Fsp3) is 0.300. The summed E-state index contributed by atoms with van der Waals surface area (Å²) in [5.41, 5.74) is 1.88. The average molecular weight is 619 g/mol. The van der Waals surface area contributed by atoms with Crippen molar-refractivity contribution in [3.63, 3.8) is 0 Å². The van der Waals surface area contributed by atoms with E-state index >= 15 is 0 Å². The molecule has 1 atom stereocenters. The van der Waals surface area contributed by atoms with Gasteiger partial charge in [-0.15, -0.1) is 0 Å². The third-order valence-electron chi connectivity index (χ3n) is 6.26. The smallest absolute Gasteiger partial charge is 0.244 e. The van der Waals surface area contributed by atoms with Gasteiger partial charge < -0.3 is 10.2 Å². The number of hydrogen-bond donors (Lipinski definition) is 1. The highest BCUT2D eigenvalue weighted by Gasteiger charge is 2.33. The van der Waals surface area contributed by atoms with Crippen LogP contribution in [0.3, 0.4) is 0 Å². The van der Waals surface area contributed by atoms with Gasteiger partial charge in [0.15, 0.2) is 5.78 Å². The number of carbonyl (C=O) groups excluding carboxylic acids is 3. The molecule has 0 aliphatic rings. The number of halogens is 2. The summed E-state index contributed by atoms with van der Waals surface area (Å²) in [4.78, 5) is 41.0. The molecule has 0 aliphatic heterocycles. The summed E-state index contributed by atoms with van der Waals surface area (Å²) in [5.74, 6) is -1.25. The third-order valence-corrected chi connectivity index (χ3v) is 8.14. The van der Waals surface area contributed by atoms with E-state index in [2.05, 4.69) is 5.32 Å². The summed E-state index contributed by atoms with van der Waals surface area (Å²) in [5, 5.41) is 3.50. The number of nitrogens with zero attached hydrogens (tertiary/aromatic N) is 2. The van der Waals surface area contributed by atoms with Crippen molar-refractivity contribution in [1.82, 2.24) is 10.2 Å². The Morgan fingerprint density at radius 1 is 0.878 bits per heavy atom. The summed E-state index contributed by atoms with van der Waals surface area (Å²) in [6, 6.07) is 19.0. The molecule has 218 valence electrons. The first kappa shape index (κ1) is 32.1. The Labute approximate surface area is 251 Å². The molecule has 0 fully saturated rings. The maximum absolute atomic E-state index is 14.1. The van der Waals surface area contributed by atoms with Crippen LogP contribution in [0, 0.1) is 0 Å². The van der Waals surface area contributed by atoms with E-state index in [1.54, 1.807) is 30.3 Å². The van der Waals surface area contributed by atoms with Gasteiger partial charge in [0.1, 0.15) is 12.6 Å². The average Bonchev–Trinajstić information content (AvgIpc) is 2.90. The maximum atomic E-state index is 14.1. The number of nitrogens with one attached hydrogen (secondary N) is 1. The highest BCUT2D eigenvalue weighted by atomic mass is 35.5. The van der Waals surface area contributed by atoms with Crippen molar-refractivity contribution < 1.29 is 22.8 Å². The monoisotopic (exact) mass is 617 g/mol. The first-order chi connectivity index (χ1) is 19.3. The van der Waals surface area contributed by atoms with Crippen LogP contribution in [0.25, 0.3) is 0 Å². The quantitative estimate of drug-likeness (QED) is 0.284. The highest BCUT2D eigenvalue weighted by molar-refractivity contribution is 7.92. The van der Waals surface area contributed by atoms with Gasteiger partial charge in [0, 0.05) is 24.6 Å². The van der Waals surface area contributed by atoms with Gasteiger partial charge in [-0.3, -0.25) is 18.7 Å². The van der Waals surface area contributed by atoms with Crippen LogP contribution in [0.4, 0.5) is 5.69 Å². The second-order valence-corrected chi connectivity index (χ2v) is 12.7. The SMILES string of the molecule is CC(=O)c1cccc(N(CC(=O)N(Cc2ccc(Cl)c(Cl)c2)C(Cc2ccccc2)C(=O)NC(C)C)S(C)(=O)=O)c1. The Hall–Kier alpha value is -3.40. The molecular formula is C30H33Cl2N3O5S. The summed E-state index contributed by atoms with van der Waals surface area (Å²) < 4.78 is 26.8. The maximum Gasteiger partial charge on any atom is 0.244 e. The van der Waals surface area contributed by atoms with Crippen LogP contribution in [0.1, 0.15) is 42.3 Å². The fourth-order valence-electron chi connectivity index (χ4n) is 4.26. The Balaban J connectivity index is 2.09. The molecule has 0 saturated carbocycles. The van der Waals surface area contributed by atoms with Gasteiger partial charge in [-0.2, -0.15) is 0 Å². The van der Waals surface area contributed by atoms with E-state index in [1.807, 2.05) is 44.2 Å². The predicted molar refractivity (Wildman–Crippen MR) is 163 cm³/mol. The topological polar surface area (TPSA) is 104 Å². The lowest BCUT2D eigenvalue weighted by Gasteiger charge is -2.34. The minimum atomic E-state index is -3.96. The van der Waals surface area contributed by atoms with Crippen molar-refractivity contribution >= 4 is 56.5 Å². The molecule has 0 radical (unpaired) electrons. The summed E-state index contributed by atoms with van der Waals surface area (Å²) in [6.07, 6.45) is 1.17. The van der Waals surface area contributed by atoms with Gasteiger partial charge >= 0.3 is 0 Å². The first-order valence-electron chi connectivity index (χ1n) is 12.9. The van der Waals surface area contributed by atoms with E-state index in [0.717, 1.165) is 16.1 Å². The number of rotatable bonds is 12. The highest BCUT2D eigenvalue weighted by Crippen LogP contribution is 2.25. The van der Waals surface area contributed by atoms with Crippen molar-refractivity contribution in [2.75, 3.05) is 17.1 Å². The molecule has 2 amide bonds. The molecule has 0 aliphatic carbocycles. The molecule has 0 aromatic heterocycles. The van der Waals surface area contributed by atoms with Crippen LogP contribution in [0.15, 0.2) is 72.8 Å². The third kappa shape index (κ3) is 9.05. The van der Waals surface area contributed by atoms with Crippen LogP contribution < -0.4 is 9.62 Å². The molecule has 0 saturated heterocycles. The standard InChI is InChI=1S/C30H33Cl2N3O5S/c1-20(2)33-30(38)28(16-22-9-6-5-7-10-22)34(18-23-13-14-26(31)27(32)15-23)29(37)19-35(41(4,39)40)25-12-8-11-24(17-25)21(3)36/h5-15,17,20,28H,16,18-19H2,1-4H3,(H,33,38). The normalized spacial score (nSPS) is 12.1. The Bertz CT molecular complexity index is 1510. The lowest BCUT2D eigenvalue weighted by Crippen LogP contribution is -2.54. The number of amides is 2. The van der Waals surface area contributed by atoms with Crippen LogP contribution in [-0.2, 0) is 32.6 Å². The van der Waals surface area contributed by atoms with E-state index in [4.69, 9.17) is 23.2 Å². The lowest BCUT2D eigenvalue weighted by atomic mass is 10.0. The molecule has 1 N–H and O–H groups in total. The largest absolute Gasteiger partial charge is 0.352 e. The molecule has 3 aromatic carbocycles. The van der Waals surface area contributed by atoms with Gasteiger partial charge in [-0.25, -0.2) is 8.42 Å². The number of carbonyl (C=O) groups is 3. The van der Waals surface area contributed by atoms with Crippen LogP contribution in [0.2, 0.25) is 10.0 Å².